The van der Waals surface area contributed by atoms with Gasteiger partial charge in [0.05, 0.1) is 19.6 Å². The Morgan fingerprint density at radius 3 is 2.46 bits per heavy atom. The molecule has 0 aromatic heterocycles. The van der Waals surface area contributed by atoms with E-state index in [1.54, 1.807) is 19.2 Å². The maximum absolute atomic E-state index is 15.2. The maximum Gasteiger partial charge on any atom is 0.303 e. The molecule has 2 atom stereocenters. The molecule has 0 spiro atoms. The molecule has 3 aromatic carbocycles. The fraction of sp³-hybridized carbons (Fsp3) is 0.457. The molecule has 3 aromatic rings. The Hall–Kier alpha value is -3.38. The number of rotatable bonds is 14. The van der Waals surface area contributed by atoms with Gasteiger partial charge in [0.2, 0.25) is 0 Å². The Kier molecular flexibility index (Phi) is 10.1. The third-order valence-corrected chi connectivity index (χ3v) is 7.71. The quantitative estimate of drug-likeness (QED) is 0.199. The van der Waals surface area contributed by atoms with Gasteiger partial charge in [-0.05, 0) is 95.2 Å². The van der Waals surface area contributed by atoms with E-state index in [4.69, 9.17) is 14.2 Å². The van der Waals surface area contributed by atoms with E-state index in [1.807, 2.05) is 36.4 Å². The van der Waals surface area contributed by atoms with Crippen molar-refractivity contribution in [2.45, 2.75) is 78.4 Å². The number of carboxylic acid groups (broad SMARTS) is 1. The Morgan fingerprint density at radius 1 is 1.02 bits per heavy atom. The Morgan fingerprint density at radius 2 is 1.80 bits per heavy atom. The molecule has 41 heavy (non-hydrogen) atoms. The molecule has 0 heterocycles. The number of benzene rings is 3. The monoisotopic (exact) mass is 562 g/mol. The lowest BCUT2D eigenvalue weighted by molar-refractivity contribution is -0.137. The van der Waals surface area contributed by atoms with Crippen molar-refractivity contribution in [3.05, 3.63) is 83.2 Å². The van der Waals surface area contributed by atoms with Crippen LogP contribution in [0, 0.1) is 17.2 Å². The van der Waals surface area contributed by atoms with Crippen molar-refractivity contribution in [3.8, 4) is 22.6 Å². The minimum absolute atomic E-state index is 0.00695. The van der Waals surface area contributed by atoms with Gasteiger partial charge in [-0.3, -0.25) is 4.79 Å². The summed E-state index contributed by atoms with van der Waals surface area (Å²) in [6.45, 7) is 9.47. The van der Waals surface area contributed by atoms with E-state index in [0.29, 0.717) is 36.2 Å². The number of carboxylic acids is 1. The molecule has 0 saturated heterocycles. The lowest BCUT2D eigenvalue weighted by atomic mass is 9.81. The lowest BCUT2D eigenvalue weighted by Gasteiger charge is -2.33. The molecule has 0 aliphatic heterocycles. The van der Waals surface area contributed by atoms with Crippen LogP contribution in [0.25, 0.3) is 11.1 Å². The molecule has 0 amide bonds. The second-order valence-corrected chi connectivity index (χ2v) is 12.1. The summed E-state index contributed by atoms with van der Waals surface area (Å²) >= 11 is 0. The molecule has 0 bridgehead atoms. The van der Waals surface area contributed by atoms with Crippen LogP contribution < -0.4 is 9.47 Å². The van der Waals surface area contributed by atoms with Gasteiger partial charge in [-0.25, -0.2) is 4.39 Å². The van der Waals surface area contributed by atoms with E-state index < -0.39 is 5.97 Å². The zero-order valence-electron chi connectivity index (χ0n) is 24.9. The van der Waals surface area contributed by atoms with Gasteiger partial charge >= 0.3 is 5.97 Å². The highest BCUT2D eigenvalue weighted by molar-refractivity contribution is 5.71. The zero-order chi connectivity index (χ0) is 29.6. The van der Waals surface area contributed by atoms with Gasteiger partial charge in [0.15, 0.2) is 0 Å². The van der Waals surface area contributed by atoms with E-state index in [0.717, 1.165) is 47.9 Å². The fourth-order valence-corrected chi connectivity index (χ4v) is 5.40. The molecular weight excluding hydrogens is 519 g/mol. The average Bonchev–Trinajstić information content (AvgIpc) is 3.78. The van der Waals surface area contributed by atoms with E-state index in [1.165, 1.54) is 6.07 Å². The Labute approximate surface area is 243 Å². The second-order valence-electron chi connectivity index (χ2n) is 12.1. The first-order valence-corrected chi connectivity index (χ1v) is 14.6. The third-order valence-electron chi connectivity index (χ3n) is 7.71. The van der Waals surface area contributed by atoms with Crippen molar-refractivity contribution in [2.75, 3.05) is 13.7 Å². The second kappa shape index (κ2) is 13.5. The molecular formula is C35H43FO5. The van der Waals surface area contributed by atoms with E-state index in [-0.39, 0.29) is 29.7 Å². The van der Waals surface area contributed by atoms with Gasteiger partial charge in [0.1, 0.15) is 23.9 Å². The van der Waals surface area contributed by atoms with Crippen molar-refractivity contribution >= 4 is 5.97 Å². The fourth-order valence-electron chi connectivity index (χ4n) is 5.40. The number of carbonyl (C=O) groups is 1. The molecule has 220 valence electrons. The number of aliphatic carboxylic acids is 1. The van der Waals surface area contributed by atoms with Gasteiger partial charge < -0.3 is 19.3 Å². The summed E-state index contributed by atoms with van der Waals surface area (Å²) < 4.78 is 33.3. The Bertz CT molecular complexity index is 1320. The first-order valence-electron chi connectivity index (χ1n) is 14.6. The van der Waals surface area contributed by atoms with Crippen LogP contribution in [0.5, 0.6) is 11.5 Å². The van der Waals surface area contributed by atoms with Crippen LogP contribution >= 0.6 is 0 Å². The van der Waals surface area contributed by atoms with Crippen LogP contribution in [0.1, 0.15) is 88.5 Å². The van der Waals surface area contributed by atoms with Gasteiger partial charge in [0.25, 0.3) is 0 Å². The van der Waals surface area contributed by atoms with Gasteiger partial charge in [-0.15, -0.1) is 0 Å². The minimum Gasteiger partial charge on any atom is -0.497 e. The smallest absolute Gasteiger partial charge is 0.303 e. The molecule has 1 aliphatic carbocycles. The largest absolute Gasteiger partial charge is 0.497 e. The lowest BCUT2D eigenvalue weighted by Crippen LogP contribution is -2.23. The molecule has 0 unspecified atom stereocenters. The number of unbranched alkanes of at least 4 members (excludes halogenated alkanes) is 1. The molecule has 4 rings (SSSR count). The normalized spacial score (nSPS) is 14.9. The van der Waals surface area contributed by atoms with Crippen molar-refractivity contribution in [2.24, 2.45) is 11.3 Å². The highest BCUT2D eigenvalue weighted by Crippen LogP contribution is 2.45. The van der Waals surface area contributed by atoms with Crippen LogP contribution in [0.2, 0.25) is 0 Å². The standard InChI is InChI=1S/C35H43FO5/c1-6-7-17-40-34(35(2,3)4)31-18-23(11-15-28(31)30-20-26(39-5)14-16-32(30)36)22-41-27-10-8-9-25(19-27)29(21-33(37)38)24-12-13-24/h8-11,14-16,18-20,24,29,34H,6-7,12-13,17,21-22H2,1-5H3,(H,37,38)/t29-,34+/m1/s1. The van der Waals surface area contributed by atoms with Crippen molar-refractivity contribution in [3.63, 3.8) is 0 Å². The van der Waals surface area contributed by atoms with Crippen LogP contribution in [0.3, 0.4) is 0 Å². The average molecular weight is 563 g/mol. The number of ether oxygens (including phenoxy) is 3. The van der Waals surface area contributed by atoms with Crippen LogP contribution in [0.15, 0.2) is 60.7 Å². The number of methoxy groups -OCH3 is 1. The van der Waals surface area contributed by atoms with Gasteiger partial charge in [-0.2, -0.15) is 0 Å². The maximum atomic E-state index is 15.2. The number of hydrogen-bond donors (Lipinski definition) is 1. The molecule has 6 heteroatoms. The molecule has 0 radical (unpaired) electrons. The van der Waals surface area contributed by atoms with Crippen LogP contribution in [-0.2, 0) is 16.1 Å². The number of halogens is 1. The Balaban J connectivity index is 1.66. The summed E-state index contributed by atoms with van der Waals surface area (Å²) in [6.07, 6.45) is 3.97. The summed E-state index contributed by atoms with van der Waals surface area (Å²) in [4.78, 5) is 11.5. The summed E-state index contributed by atoms with van der Waals surface area (Å²) in [5.41, 5.74) is 3.85. The van der Waals surface area contributed by atoms with Gasteiger partial charge in [0, 0.05) is 12.2 Å². The van der Waals surface area contributed by atoms with Crippen molar-refractivity contribution in [1.82, 2.24) is 0 Å². The summed E-state index contributed by atoms with van der Waals surface area (Å²) in [5.74, 6) is 0.632. The molecule has 1 aliphatic rings. The predicted molar refractivity (Wildman–Crippen MR) is 160 cm³/mol. The molecule has 1 fully saturated rings. The first-order chi connectivity index (χ1) is 19.6. The van der Waals surface area contributed by atoms with E-state index in [9.17, 15) is 9.90 Å². The predicted octanol–water partition coefficient (Wildman–Crippen LogP) is 8.95. The van der Waals surface area contributed by atoms with Crippen LogP contribution in [-0.4, -0.2) is 24.8 Å². The summed E-state index contributed by atoms with van der Waals surface area (Å²) in [6, 6.07) is 18.6. The van der Waals surface area contributed by atoms with Crippen LogP contribution in [0.4, 0.5) is 4.39 Å². The van der Waals surface area contributed by atoms with E-state index in [2.05, 4.69) is 33.8 Å². The van der Waals surface area contributed by atoms with Crippen molar-refractivity contribution in [1.29, 1.82) is 0 Å². The summed E-state index contributed by atoms with van der Waals surface area (Å²) in [5, 5.41) is 9.42. The minimum atomic E-state index is -0.775. The topological polar surface area (TPSA) is 65.0 Å². The summed E-state index contributed by atoms with van der Waals surface area (Å²) in [7, 11) is 1.58. The molecule has 1 saturated carbocycles. The van der Waals surface area contributed by atoms with Crippen molar-refractivity contribution < 1.29 is 28.5 Å². The first kappa shape index (κ1) is 30.6. The zero-order valence-corrected chi connectivity index (χ0v) is 24.9. The highest BCUT2D eigenvalue weighted by atomic mass is 19.1. The number of hydrogen-bond acceptors (Lipinski definition) is 4. The third kappa shape index (κ3) is 8.10. The molecule has 1 N–H and O–H groups in total. The highest BCUT2D eigenvalue weighted by Gasteiger charge is 2.34. The SMILES string of the molecule is CCCCO[C@@H](c1cc(COc2cccc([C@H](CC(=O)O)C3CC3)c2)ccc1-c1cc(OC)ccc1F)C(C)(C)C. The van der Waals surface area contributed by atoms with E-state index >= 15 is 4.39 Å². The van der Waals surface area contributed by atoms with Gasteiger partial charge in [-0.1, -0.05) is 58.4 Å². The molecule has 5 nitrogen and oxygen atoms in total.